The summed E-state index contributed by atoms with van der Waals surface area (Å²) in [5.74, 6) is -2.16. The fraction of sp³-hybridized carbons (Fsp3) is 0.778. The Morgan fingerprint density at radius 3 is 2.00 bits per heavy atom. The number of rotatable bonds is 5. The van der Waals surface area contributed by atoms with Gasteiger partial charge in [-0.1, -0.05) is 13.8 Å². The zero-order valence-electron chi connectivity index (χ0n) is 9.12. The van der Waals surface area contributed by atoms with Crippen LogP contribution in [0.15, 0.2) is 0 Å². The lowest BCUT2D eigenvalue weighted by Gasteiger charge is -2.20. The minimum atomic E-state index is -1.97. The first-order chi connectivity index (χ1) is 7.31. The number of aliphatic hydroxyl groups is 4. The third-order valence-corrected chi connectivity index (χ3v) is 1.94. The Bertz CT molecular complexity index is 254. The summed E-state index contributed by atoms with van der Waals surface area (Å²) in [6, 6.07) is 0. The van der Waals surface area contributed by atoms with Crippen LogP contribution in [-0.2, 0) is 9.59 Å². The maximum atomic E-state index is 11.2. The predicted octanol–water partition coefficient (Wildman–Crippen LogP) is -2.64. The van der Waals surface area contributed by atoms with E-state index in [-0.39, 0.29) is 0 Å². The molecule has 2 amide bonds. The Balaban J connectivity index is 4.33. The molecule has 0 saturated carbocycles. The molecule has 0 radical (unpaired) electrons. The zero-order chi connectivity index (χ0) is 12.9. The third kappa shape index (κ3) is 4.23. The molecule has 0 aromatic carbocycles. The van der Waals surface area contributed by atoms with Crippen LogP contribution >= 0.6 is 0 Å². The minimum Gasteiger partial charge on any atom is -0.394 e. The summed E-state index contributed by atoms with van der Waals surface area (Å²) in [5.41, 5.74) is 0. The number of nitrogens with one attached hydrogen (secondary N) is 1. The second-order valence-electron chi connectivity index (χ2n) is 3.69. The van der Waals surface area contributed by atoms with Crippen LogP contribution in [0.25, 0.3) is 0 Å². The Labute approximate surface area is 92.7 Å². The van der Waals surface area contributed by atoms with Crippen molar-refractivity contribution in [2.45, 2.75) is 32.2 Å². The van der Waals surface area contributed by atoms with Crippen LogP contribution in [0.4, 0.5) is 0 Å². The van der Waals surface area contributed by atoms with Crippen LogP contribution in [0.3, 0.4) is 0 Å². The molecule has 0 bridgehead atoms. The molecule has 0 aliphatic rings. The summed E-state index contributed by atoms with van der Waals surface area (Å²) in [5, 5.41) is 37.7. The van der Waals surface area contributed by atoms with Gasteiger partial charge in [-0.3, -0.25) is 14.9 Å². The van der Waals surface area contributed by atoms with E-state index in [4.69, 9.17) is 10.2 Å². The molecular formula is C9H17NO6. The van der Waals surface area contributed by atoms with Gasteiger partial charge in [0.25, 0.3) is 5.91 Å². The lowest BCUT2D eigenvalue weighted by atomic mass is 10.1. The summed E-state index contributed by atoms with van der Waals surface area (Å²) in [6.07, 6.45) is -5.45. The summed E-state index contributed by atoms with van der Waals surface area (Å²) >= 11 is 0. The molecule has 0 heterocycles. The molecule has 5 N–H and O–H groups in total. The van der Waals surface area contributed by atoms with E-state index in [0.29, 0.717) is 0 Å². The summed E-state index contributed by atoms with van der Waals surface area (Å²) < 4.78 is 0. The zero-order valence-corrected chi connectivity index (χ0v) is 9.12. The Hall–Kier alpha value is -1.02. The number of imide groups is 1. The first kappa shape index (κ1) is 15.0. The number of carbonyl (C=O) groups is 2. The van der Waals surface area contributed by atoms with Crippen molar-refractivity contribution in [2.75, 3.05) is 6.61 Å². The molecule has 0 spiro atoms. The first-order valence-corrected chi connectivity index (χ1v) is 4.81. The van der Waals surface area contributed by atoms with E-state index in [0.717, 1.165) is 0 Å². The van der Waals surface area contributed by atoms with Crippen LogP contribution in [0, 0.1) is 5.92 Å². The van der Waals surface area contributed by atoms with Crippen molar-refractivity contribution < 1.29 is 30.0 Å². The van der Waals surface area contributed by atoms with E-state index >= 15 is 0 Å². The number of hydrogen-bond acceptors (Lipinski definition) is 6. The Morgan fingerprint density at radius 2 is 1.62 bits per heavy atom. The Kier molecular flexibility index (Phi) is 6.12. The minimum absolute atomic E-state index is 0.448. The molecule has 0 aliphatic carbocycles. The molecule has 0 aliphatic heterocycles. The summed E-state index contributed by atoms with van der Waals surface area (Å²) in [7, 11) is 0. The van der Waals surface area contributed by atoms with Crippen LogP contribution in [0.1, 0.15) is 13.8 Å². The van der Waals surface area contributed by atoms with Gasteiger partial charge in [0, 0.05) is 5.92 Å². The highest BCUT2D eigenvalue weighted by molar-refractivity contribution is 5.98. The van der Waals surface area contributed by atoms with Gasteiger partial charge >= 0.3 is 0 Å². The van der Waals surface area contributed by atoms with E-state index in [9.17, 15) is 19.8 Å². The highest BCUT2D eigenvalue weighted by Gasteiger charge is 2.31. The fourth-order valence-electron chi connectivity index (χ4n) is 0.813. The van der Waals surface area contributed by atoms with Crippen LogP contribution in [-0.4, -0.2) is 57.2 Å². The van der Waals surface area contributed by atoms with E-state index in [1.54, 1.807) is 13.8 Å². The van der Waals surface area contributed by atoms with Crippen molar-refractivity contribution in [1.82, 2.24) is 5.32 Å². The van der Waals surface area contributed by atoms with Crippen molar-refractivity contribution in [1.29, 1.82) is 0 Å². The normalized spacial score (nSPS) is 16.7. The average Bonchev–Trinajstić information content (AvgIpc) is 2.25. The van der Waals surface area contributed by atoms with E-state index < -0.39 is 42.7 Å². The van der Waals surface area contributed by atoms with Crippen molar-refractivity contribution >= 4 is 11.8 Å². The monoisotopic (exact) mass is 235 g/mol. The van der Waals surface area contributed by atoms with Crippen LogP contribution in [0.5, 0.6) is 0 Å². The molecule has 7 heteroatoms. The van der Waals surface area contributed by atoms with Gasteiger partial charge in [-0.2, -0.15) is 0 Å². The third-order valence-electron chi connectivity index (χ3n) is 1.94. The molecule has 16 heavy (non-hydrogen) atoms. The highest BCUT2D eigenvalue weighted by Crippen LogP contribution is 2.01. The van der Waals surface area contributed by atoms with Crippen molar-refractivity contribution in [3.8, 4) is 0 Å². The van der Waals surface area contributed by atoms with Crippen LogP contribution in [0.2, 0.25) is 0 Å². The summed E-state index contributed by atoms with van der Waals surface area (Å²) in [6.45, 7) is 2.30. The van der Waals surface area contributed by atoms with E-state index in [2.05, 4.69) is 0 Å². The van der Waals surface area contributed by atoms with Crippen molar-refractivity contribution in [3.05, 3.63) is 0 Å². The molecule has 94 valence electrons. The molecule has 3 atom stereocenters. The molecule has 0 saturated heterocycles. The van der Waals surface area contributed by atoms with Crippen molar-refractivity contribution in [2.24, 2.45) is 5.92 Å². The fourth-order valence-corrected chi connectivity index (χ4v) is 0.813. The molecule has 0 aromatic heterocycles. The number of carbonyl (C=O) groups excluding carboxylic acids is 2. The molecule has 0 rings (SSSR count). The second kappa shape index (κ2) is 6.54. The number of hydrogen-bond donors (Lipinski definition) is 5. The van der Waals surface area contributed by atoms with Crippen molar-refractivity contribution in [3.63, 3.8) is 0 Å². The van der Waals surface area contributed by atoms with Gasteiger partial charge < -0.3 is 20.4 Å². The molecular weight excluding hydrogens is 218 g/mol. The van der Waals surface area contributed by atoms with Gasteiger partial charge in [-0.05, 0) is 0 Å². The van der Waals surface area contributed by atoms with Gasteiger partial charge in [-0.15, -0.1) is 0 Å². The van der Waals surface area contributed by atoms with Gasteiger partial charge in [0.15, 0.2) is 6.10 Å². The summed E-state index contributed by atoms with van der Waals surface area (Å²) in [4.78, 5) is 22.3. The topological polar surface area (TPSA) is 127 Å². The lowest BCUT2D eigenvalue weighted by molar-refractivity contribution is -0.146. The second-order valence-corrected chi connectivity index (χ2v) is 3.69. The lowest BCUT2D eigenvalue weighted by Crippen LogP contribution is -2.50. The maximum Gasteiger partial charge on any atom is 0.258 e. The van der Waals surface area contributed by atoms with Crippen LogP contribution < -0.4 is 5.32 Å². The Morgan fingerprint density at radius 1 is 1.12 bits per heavy atom. The largest absolute Gasteiger partial charge is 0.394 e. The van der Waals surface area contributed by atoms with E-state index in [1.807, 2.05) is 5.32 Å². The van der Waals surface area contributed by atoms with E-state index in [1.165, 1.54) is 0 Å². The SMILES string of the molecule is CC(C)C(=O)NC(=O)[C@H](O)[C@H](O)[C@H](O)CO. The highest BCUT2D eigenvalue weighted by atomic mass is 16.4. The first-order valence-electron chi connectivity index (χ1n) is 4.81. The molecule has 0 unspecified atom stereocenters. The number of amides is 2. The molecule has 0 aromatic rings. The van der Waals surface area contributed by atoms with Gasteiger partial charge in [0.1, 0.15) is 12.2 Å². The molecule has 7 nitrogen and oxygen atoms in total. The number of aliphatic hydroxyl groups excluding tert-OH is 4. The average molecular weight is 235 g/mol. The smallest absolute Gasteiger partial charge is 0.258 e. The van der Waals surface area contributed by atoms with Gasteiger partial charge in [0.2, 0.25) is 5.91 Å². The predicted molar refractivity (Wildman–Crippen MR) is 53.1 cm³/mol. The van der Waals surface area contributed by atoms with Gasteiger partial charge in [-0.25, -0.2) is 0 Å². The maximum absolute atomic E-state index is 11.2. The standard InChI is InChI=1S/C9H17NO6/c1-4(2)8(15)10-9(16)7(14)6(13)5(12)3-11/h4-7,11-14H,3H2,1-2H3,(H,10,15,16)/t5-,6-,7-/m1/s1. The quantitative estimate of drug-likeness (QED) is 0.354. The molecule has 0 fully saturated rings. The van der Waals surface area contributed by atoms with Gasteiger partial charge in [0.05, 0.1) is 6.61 Å².